The monoisotopic (exact) mass is 262 g/mol. The van der Waals surface area contributed by atoms with E-state index in [0.717, 1.165) is 0 Å². The Balaban J connectivity index is 1.89. The van der Waals surface area contributed by atoms with Crippen LogP contribution in [0, 0.1) is 0 Å². The number of rotatable bonds is 4. The van der Waals surface area contributed by atoms with Gasteiger partial charge in [0.25, 0.3) is 0 Å². The summed E-state index contributed by atoms with van der Waals surface area (Å²) in [6.07, 6.45) is 6.51. The van der Waals surface area contributed by atoms with Gasteiger partial charge in [-0.05, 0) is 26.3 Å². The van der Waals surface area contributed by atoms with Crippen molar-refractivity contribution in [3.05, 3.63) is 36.1 Å². The van der Waals surface area contributed by atoms with E-state index in [1.54, 1.807) is 12.2 Å². The number of ketones is 1. The van der Waals surface area contributed by atoms with Gasteiger partial charge in [0, 0.05) is 18.1 Å². The average Bonchev–Trinajstić information content (AvgIpc) is 2.74. The quantitative estimate of drug-likeness (QED) is 0.576. The predicted molar refractivity (Wildman–Crippen MR) is 69.3 cm³/mol. The van der Waals surface area contributed by atoms with E-state index >= 15 is 0 Å². The van der Waals surface area contributed by atoms with Gasteiger partial charge in [0.2, 0.25) is 0 Å². The molecule has 0 saturated carbocycles. The third-order valence-electron chi connectivity index (χ3n) is 3.95. The highest BCUT2D eigenvalue weighted by Gasteiger charge is 2.55. The molecule has 0 amide bonds. The second-order valence-corrected chi connectivity index (χ2v) is 5.75. The van der Waals surface area contributed by atoms with Crippen molar-refractivity contribution >= 4 is 5.78 Å². The fourth-order valence-corrected chi connectivity index (χ4v) is 2.66. The zero-order valence-corrected chi connectivity index (χ0v) is 11.3. The molecule has 2 atom stereocenters. The molecule has 0 aromatic rings. The van der Waals surface area contributed by atoms with Crippen LogP contribution in [0.15, 0.2) is 36.1 Å². The van der Waals surface area contributed by atoms with Gasteiger partial charge in [0.05, 0.1) is 11.7 Å². The maximum atomic E-state index is 11.9. The molecule has 4 heteroatoms. The summed E-state index contributed by atoms with van der Waals surface area (Å²) in [6, 6.07) is 0. The molecule has 0 spiro atoms. The molecule has 2 fully saturated rings. The Bertz CT molecular complexity index is 500. The Labute approximate surface area is 112 Å². The van der Waals surface area contributed by atoms with Crippen LogP contribution in [-0.2, 0) is 19.0 Å². The second-order valence-electron chi connectivity index (χ2n) is 5.75. The maximum Gasteiger partial charge on any atom is 0.190 e. The highest BCUT2D eigenvalue weighted by atomic mass is 16.7. The van der Waals surface area contributed by atoms with Crippen molar-refractivity contribution in [2.75, 3.05) is 6.79 Å². The fourth-order valence-electron chi connectivity index (χ4n) is 2.66. The van der Waals surface area contributed by atoms with Gasteiger partial charge in [-0.1, -0.05) is 6.08 Å². The topological polar surface area (TPSA) is 48.1 Å². The minimum atomic E-state index is -0.634. The van der Waals surface area contributed by atoms with Crippen LogP contribution in [0.25, 0.3) is 0 Å². The Kier molecular flexibility index (Phi) is 2.69. The largest absolute Gasteiger partial charge is 0.468 e. The molecular formula is C15H18O4. The molecule has 3 rings (SSSR count). The van der Waals surface area contributed by atoms with Gasteiger partial charge in [-0.3, -0.25) is 4.79 Å². The lowest BCUT2D eigenvalue weighted by atomic mass is 9.84. The fraction of sp³-hybridized carbons (Fsp3) is 0.533. The van der Waals surface area contributed by atoms with Crippen LogP contribution in [0.4, 0.5) is 0 Å². The lowest BCUT2D eigenvalue weighted by molar-refractivity contribution is -0.112. The molecule has 2 aliphatic heterocycles. The predicted octanol–water partition coefficient (Wildman–Crippen LogP) is 2.27. The van der Waals surface area contributed by atoms with Crippen molar-refractivity contribution < 1.29 is 19.0 Å². The molecule has 1 aliphatic carbocycles. The van der Waals surface area contributed by atoms with Crippen LogP contribution in [0.2, 0.25) is 0 Å². The van der Waals surface area contributed by atoms with Gasteiger partial charge in [-0.2, -0.15) is 0 Å². The van der Waals surface area contributed by atoms with Crippen LogP contribution >= 0.6 is 0 Å². The Morgan fingerprint density at radius 1 is 1.53 bits per heavy atom. The SMILES string of the molecule is C=CCC1=C[C@@]2(C[C@@H]3OC3(C)C)OCOC2=CC1=O. The molecule has 2 heterocycles. The van der Waals surface area contributed by atoms with Crippen LogP contribution < -0.4 is 0 Å². The first kappa shape index (κ1) is 12.6. The molecule has 4 nitrogen and oxygen atoms in total. The van der Waals surface area contributed by atoms with E-state index in [1.807, 2.05) is 6.08 Å². The first-order valence-electron chi connectivity index (χ1n) is 6.50. The summed E-state index contributed by atoms with van der Waals surface area (Å²) in [5.41, 5.74) is -0.0348. The van der Waals surface area contributed by atoms with Crippen LogP contribution in [0.3, 0.4) is 0 Å². The normalized spacial score (nSPS) is 35.1. The molecular weight excluding hydrogens is 244 g/mol. The summed E-state index contributed by atoms with van der Waals surface area (Å²) in [5.74, 6) is 0.587. The Morgan fingerprint density at radius 3 is 2.89 bits per heavy atom. The molecule has 0 aromatic carbocycles. The highest BCUT2D eigenvalue weighted by molar-refractivity contribution is 6.06. The summed E-state index contributed by atoms with van der Waals surface area (Å²) in [4.78, 5) is 11.9. The third kappa shape index (κ3) is 2.05. The second kappa shape index (κ2) is 4.05. The van der Waals surface area contributed by atoms with Gasteiger partial charge >= 0.3 is 0 Å². The summed E-state index contributed by atoms with van der Waals surface area (Å²) < 4.78 is 16.9. The van der Waals surface area contributed by atoms with Crippen LogP contribution in [-0.4, -0.2) is 29.9 Å². The number of ether oxygens (including phenoxy) is 3. The van der Waals surface area contributed by atoms with Crippen molar-refractivity contribution in [1.29, 1.82) is 0 Å². The standard InChI is InChI=1S/C15H18O4/c1-4-5-10-7-15(8-13-14(2,3)19-13)12(6-11(10)16)17-9-18-15/h4,6-7,13H,1,5,8-9H2,2-3H3/t13-,15-/m0/s1. The van der Waals surface area contributed by atoms with Crippen molar-refractivity contribution in [3.63, 3.8) is 0 Å². The van der Waals surface area contributed by atoms with Crippen molar-refractivity contribution in [2.45, 2.75) is 44.0 Å². The minimum absolute atomic E-state index is 0.0213. The van der Waals surface area contributed by atoms with Crippen LogP contribution in [0.5, 0.6) is 0 Å². The number of fused-ring (bicyclic) bond motifs is 1. The molecule has 0 radical (unpaired) electrons. The number of carbonyl (C=O) groups excluding carboxylic acids is 1. The van der Waals surface area contributed by atoms with Crippen molar-refractivity contribution in [1.82, 2.24) is 0 Å². The summed E-state index contributed by atoms with van der Waals surface area (Å²) in [5, 5.41) is 0. The molecule has 19 heavy (non-hydrogen) atoms. The van der Waals surface area contributed by atoms with Crippen LogP contribution in [0.1, 0.15) is 26.7 Å². The van der Waals surface area contributed by atoms with E-state index < -0.39 is 5.60 Å². The molecule has 0 N–H and O–H groups in total. The van der Waals surface area contributed by atoms with Crippen molar-refractivity contribution in [3.8, 4) is 0 Å². The summed E-state index contributed by atoms with van der Waals surface area (Å²) >= 11 is 0. The first-order chi connectivity index (χ1) is 8.97. The van der Waals surface area contributed by atoms with Gasteiger partial charge in [0.1, 0.15) is 5.76 Å². The van der Waals surface area contributed by atoms with E-state index in [0.29, 0.717) is 24.2 Å². The third-order valence-corrected chi connectivity index (χ3v) is 3.95. The lowest BCUT2D eigenvalue weighted by Gasteiger charge is -2.27. The molecule has 0 unspecified atom stereocenters. The van der Waals surface area contributed by atoms with E-state index in [1.165, 1.54) is 0 Å². The van der Waals surface area contributed by atoms with Gasteiger partial charge < -0.3 is 14.2 Å². The first-order valence-corrected chi connectivity index (χ1v) is 6.50. The zero-order chi connectivity index (χ0) is 13.7. The number of hydrogen-bond acceptors (Lipinski definition) is 4. The van der Waals surface area contributed by atoms with Gasteiger partial charge in [-0.15, -0.1) is 6.58 Å². The number of carbonyl (C=O) groups is 1. The lowest BCUT2D eigenvalue weighted by Crippen LogP contribution is -2.34. The molecule has 2 saturated heterocycles. The smallest absolute Gasteiger partial charge is 0.190 e. The van der Waals surface area contributed by atoms with Gasteiger partial charge in [-0.25, -0.2) is 0 Å². The maximum absolute atomic E-state index is 11.9. The molecule has 3 aliphatic rings. The van der Waals surface area contributed by atoms with E-state index in [9.17, 15) is 4.79 Å². The van der Waals surface area contributed by atoms with Gasteiger partial charge in [0.15, 0.2) is 18.2 Å². The number of allylic oxidation sites excluding steroid dienone is 3. The number of hydrogen-bond donors (Lipinski definition) is 0. The van der Waals surface area contributed by atoms with E-state index in [4.69, 9.17) is 14.2 Å². The minimum Gasteiger partial charge on any atom is -0.468 e. The molecule has 0 bridgehead atoms. The van der Waals surface area contributed by atoms with E-state index in [-0.39, 0.29) is 24.3 Å². The Morgan fingerprint density at radius 2 is 2.26 bits per heavy atom. The highest BCUT2D eigenvalue weighted by Crippen LogP contribution is 2.47. The van der Waals surface area contributed by atoms with Crippen molar-refractivity contribution in [2.24, 2.45) is 0 Å². The average molecular weight is 262 g/mol. The zero-order valence-electron chi connectivity index (χ0n) is 11.3. The molecule has 102 valence electrons. The summed E-state index contributed by atoms with van der Waals surface area (Å²) in [7, 11) is 0. The number of epoxide rings is 1. The molecule has 0 aromatic heterocycles. The Hall–Kier alpha value is -1.39. The van der Waals surface area contributed by atoms with E-state index in [2.05, 4.69) is 20.4 Å². The summed E-state index contributed by atoms with van der Waals surface area (Å²) in [6.45, 7) is 7.97.